The van der Waals surface area contributed by atoms with Crippen LogP contribution in [0.15, 0.2) is 36.5 Å². The van der Waals surface area contributed by atoms with Gasteiger partial charge in [-0.3, -0.25) is 9.59 Å². The molecule has 2 aromatic heterocycles. The van der Waals surface area contributed by atoms with Crippen LogP contribution in [-0.4, -0.2) is 32.6 Å². The SMILES string of the molecule is Cc1cc(Cl)cc(C(=O)NC(C#N)C2CC2)c1NC(=O)c1cc(C(F)(F)F)nn1-c1ncccc1Cl. The van der Waals surface area contributed by atoms with E-state index in [4.69, 9.17) is 23.2 Å². The minimum absolute atomic E-state index is 0.0165. The second kappa shape index (κ2) is 9.79. The van der Waals surface area contributed by atoms with Crippen LogP contribution in [0.5, 0.6) is 0 Å². The number of nitriles is 1. The van der Waals surface area contributed by atoms with Gasteiger partial charge in [0.2, 0.25) is 0 Å². The predicted octanol–water partition coefficient (Wildman–Crippen LogP) is 5.19. The first-order chi connectivity index (χ1) is 17.0. The highest BCUT2D eigenvalue weighted by Gasteiger charge is 2.37. The molecule has 2 N–H and O–H groups in total. The van der Waals surface area contributed by atoms with E-state index in [-0.39, 0.29) is 33.0 Å². The number of hydrogen-bond donors (Lipinski definition) is 2. The standard InChI is InChI=1S/C23H17Cl2F3N6O2/c1-11-7-13(24)8-14(21(35)31-16(10-29)12-4-5-12)19(11)32-22(36)17-9-18(23(26,27)28)33-34(17)20-15(25)3-2-6-30-20/h2-3,6-9,12,16H,4-5H2,1H3,(H,31,35)(H,32,36). The van der Waals surface area contributed by atoms with Gasteiger partial charge in [0, 0.05) is 17.3 Å². The number of alkyl halides is 3. The molecule has 1 aromatic carbocycles. The maximum Gasteiger partial charge on any atom is 0.435 e. The molecule has 0 saturated heterocycles. The molecule has 0 radical (unpaired) electrons. The van der Waals surface area contributed by atoms with E-state index in [0.717, 1.165) is 12.8 Å². The molecule has 1 aliphatic rings. The highest BCUT2D eigenvalue weighted by Crippen LogP contribution is 2.34. The third kappa shape index (κ3) is 5.29. The van der Waals surface area contributed by atoms with Crippen LogP contribution in [-0.2, 0) is 6.18 Å². The summed E-state index contributed by atoms with van der Waals surface area (Å²) in [5.74, 6) is -1.81. The summed E-state index contributed by atoms with van der Waals surface area (Å²) in [4.78, 5) is 30.2. The lowest BCUT2D eigenvalue weighted by Crippen LogP contribution is -2.36. The summed E-state index contributed by atoms with van der Waals surface area (Å²) >= 11 is 12.2. The molecule has 1 unspecified atom stereocenters. The maximum absolute atomic E-state index is 13.4. The molecular formula is C23H17Cl2F3N6O2. The number of carbonyl (C=O) groups excluding carboxylic acids is 2. The Bertz CT molecular complexity index is 1400. The van der Waals surface area contributed by atoms with Crippen LogP contribution in [0.3, 0.4) is 0 Å². The Balaban J connectivity index is 1.73. The number of pyridine rings is 1. The Morgan fingerprint density at radius 2 is 1.94 bits per heavy atom. The minimum Gasteiger partial charge on any atom is -0.336 e. The molecule has 1 atom stereocenters. The lowest BCUT2D eigenvalue weighted by molar-refractivity contribution is -0.141. The fourth-order valence-electron chi connectivity index (χ4n) is 3.55. The van der Waals surface area contributed by atoms with Crippen LogP contribution in [0.4, 0.5) is 18.9 Å². The zero-order valence-electron chi connectivity index (χ0n) is 18.5. The number of nitrogens with one attached hydrogen (secondary N) is 2. The van der Waals surface area contributed by atoms with Crippen molar-refractivity contribution >= 4 is 40.7 Å². The van der Waals surface area contributed by atoms with Crippen molar-refractivity contribution in [1.29, 1.82) is 5.26 Å². The Kier molecular flexibility index (Phi) is 6.93. The van der Waals surface area contributed by atoms with E-state index < -0.39 is 35.4 Å². The van der Waals surface area contributed by atoms with Crippen LogP contribution in [0.25, 0.3) is 5.82 Å². The van der Waals surface area contributed by atoms with E-state index in [0.29, 0.717) is 16.3 Å². The molecule has 8 nitrogen and oxygen atoms in total. The summed E-state index contributed by atoms with van der Waals surface area (Å²) in [5, 5.41) is 18.1. The summed E-state index contributed by atoms with van der Waals surface area (Å²) in [7, 11) is 0. The molecule has 0 aliphatic heterocycles. The fourth-order valence-corrected chi connectivity index (χ4v) is 4.02. The van der Waals surface area contributed by atoms with E-state index in [1.165, 1.54) is 30.5 Å². The molecule has 2 amide bonds. The Hall–Kier alpha value is -3.62. The van der Waals surface area contributed by atoms with Crippen molar-refractivity contribution in [1.82, 2.24) is 20.1 Å². The van der Waals surface area contributed by atoms with Crippen LogP contribution in [0.1, 0.15) is 44.9 Å². The average molecular weight is 537 g/mol. The molecule has 3 aromatic rings. The number of anilines is 1. The van der Waals surface area contributed by atoms with E-state index in [2.05, 4.69) is 20.7 Å². The van der Waals surface area contributed by atoms with Crippen LogP contribution < -0.4 is 10.6 Å². The normalized spacial score (nSPS) is 14.1. The third-order valence-electron chi connectivity index (χ3n) is 5.47. The monoisotopic (exact) mass is 536 g/mol. The van der Waals surface area contributed by atoms with Crippen molar-refractivity contribution in [2.24, 2.45) is 5.92 Å². The van der Waals surface area contributed by atoms with Crippen LogP contribution in [0.2, 0.25) is 10.0 Å². The zero-order chi connectivity index (χ0) is 26.2. The third-order valence-corrected chi connectivity index (χ3v) is 5.99. The molecule has 4 rings (SSSR count). The van der Waals surface area contributed by atoms with Gasteiger partial charge in [-0.1, -0.05) is 23.2 Å². The number of halogens is 5. The number of aryl methyl sites for hydroxylation is 1. The second-order valence-corrected chi connectivity index (χ2v) is 8.99. The summed E-state index contributed by atoms with van der Waals surface area (Å²) in [6, 6.07) is 7.51. The number of aromatic nitrogens is 3. The van der Waals surface area contributed by atoms with E-state index in [1.807, 2.05) is 6.07 Å². The summed E-state index contributed by atoms with van der Waals surface area (Å²) in [6.45, 7) is 1.56. The van der Waals surface area contributed by atoms with Gasteiger partial charge in [-0.15, -0.1) is 0 Å². The van der Waals surface area contributed by atoms with E-state index in [1.54, 1.807) is 6.92 Å². The highest BCUT2D eigenvalue weighted by atomic mass is 35.5. The number of hydrogen-bond acceptors (Lipinski definition) is 5. The number of rotatable bonds is 6. The number of amides is 2. The predicted molar refractivity (Wildman–Crippen MR) is 125 cm³/mol. The zero-order valence-corrected chi connectivity index (χ0v) is 20.0. The summed E-state index contributed by atoms with van der Waals surface area (Å²) < 4.78 is 41.0. The van der Waals surface area contributed by atoms with Crippen molar-refractivity contribution in [3.05, 3.63) is 69.1 Å². The summed E-state index contributed by atoms with van der Waals surface area (Å²) in [6.07, 6.45) is -1.95. The lowest BCUT2D eigenvalue weighted by Gasteiger charge is -2.17. The van der Waals surface area contributed by atoms with Gasteiger partial charge in [0.15, 0.2) is 11.5 Å². The molecule has 36 heavy (non-hydrogen) atoms. The number of benzene rings is 1. The molecule has 2 heterocycles. The van der Waals surface area contributed by atoms with E-state index in [9.17, 15) is 28.0 Å². The first kappa shape index (κ1) is 25.5. The Morgan fingerprint density at radius 3 is 2.56 bits per heavy atom. The molecule has 0 spiro atoms. The number of nitrogens with zero attached hydrogens (tertiary/aromatic N) is 4. The number of carbonyl (C=O) groups is 2. The Labute approximate surface area is 213 Å². The molecule has 0 bridgehead atoms. The topological polar surface area (TPSA) is 113 Å². The molecular weight excluding hydrogens is 520 g/mol. The smallest absolute Gasteiger partial charge is 0.336 e. The lowest BCUT2D eigenvalue weighted by atomic mass is 10.1. The van der Waals surface area contributed by atoms with Crippen molar-refractivity contribution in [2.75, 3.05) is 5.32 Å². The van der Waals surface area contributed by atoms with Gasteiger partial charge < -0.3 is 10.6 Å². The van der Waals surface area contributed by atoms with Gasteiger partial charge in [0.1, 0.15) is 11.7 Å². The molecule has 1 saturated carbocycles. The van der Waals surface area contributed by atoms with Gasteiger partial charge in [-0.05, 0) is 55.5 Å². The van der Waals surface area contributed by atoms with Crippen molar-refractivity contribution in [2.45, 2.75) is 32.0 Å². The van der Waals surface area contributed by atoms with Gasteiger partial charge in [-0.2, -0.15) is 23.5 Å². The summed E-state index contributed by atoms with van der Waals surface area (Å²) in [5.41, 5.74) is -1.51. The Morgan fingerprint density at radius 1 is 1.22 bits per heavy atom. The quantitative estimate of drug-likeness (QED) is 0.450. The molecule has 13 heteroatoms. The van der Waals surface area contributed by atoms with Gasteiger partial charge in [-0.25, -0.2) is 9.67 Å². The molecule has 1 fully saturated rings. The highest BCUT2D eigenvalue weighted by molar-refractivity contribution is 6.32. The van der Waals surface area contributed by atoms with Crippen molar-refractivity contribution in [3.63, 3.8) is 0 Å². The largest absolute Gasteiger partial charge is 0.435 e. The van der Waals surface area contributed by atoms with Crippen molar-refractivity contribution in [3.8, 4) is 11.9 Å². The van der Waals surface area contributed by atoms with Crippen molar-refractivity contribution < 1.29 is 22.8 Å². The average Bonchev–Trinajstić information content (AvgIpc) is 3.55. The fraction of sp³-hybridized carbons (Fsp3) is 0.261. The van der Waals surface area contributed by atoms with Crippen LogP contribution >= 0.6 is 23.2 Å². The van der Waals surface area contributed by atoms with Crippen LogP contribution in [0, 0.1) is 24.2 Å². The maximum atomic E-state index is 13.4. The second-order valence-electron chi connectivity index (χ2n) is 8.15. The molecule has 186 valence electrons. The van der Waals surface area contributed by atoms with E-state index >= 15 is 0 Å². The van der Waals surface area contributed by atoms with Gasteiger partial charge in [0.05, 0.1) is 22.3 Å². The minimum atomic E-state index is -4.85. The molecule has 1 aliphatic carbocycles. The first-order valence-corrected chi connectivity index (χ1v) is 11.3. The first-order valence-electron chi connectivity index (χ1n) is 10.6. The van der Waals surface area contributed by atoms with Gasteiger partial charge >= 0.3 is 6.18 Å². The van der Waals surface area contributed by atoms with Gasteiger partial charge in [0.25, 0.3) is 11.8 Å².